The van der Waals surface area contributed by atoms with Crippen molar-refractivity contribution in [3.8, 4) is 0 Å². The van der Waals surface area contributed by atoms with Crippen molar-refractivity contribution < 1.29 is 40.9 Å². The molecule has 6 nitrogen and oxygen atoms in total. The molecule has 7 heteroatoms. The van der Waals surface area contributed by atoms with Gasteiger partial charge in [-0.05, 0) is 32.2 Å². The van der Waals surface area contributed by atoms with Gasteiger partial charge >= 0.3 is 21.1 Å². The normalized spacial score (nSPS) is 23.9. The monoisotopic (exact) mass is 437 g/mol. The maximum atomic E-state index is 10.2. The summed E-state index contributed by atoms with van der Waals surface area (Å²) in [5.74, 6) is -3.03. The number of rotatable bonds is 3. The van der Waals surface area contributed by atoms with Gasteiger partial charge in [0.15, 0.2) is 0 Å². The van der Waals surface area contributed by atoms with Crippen molar-refractivity contribution >= 4 is 11.9 Å². The van der Waals surface area contributed by atoms with Gasteiger partial charge in [0.25, 0.3) is 0 Å². The Morgan fingerprint density at radius 2 is 1.78 bits per heavy atom. The minimum absolute atomic E-state index is 0. The van der Waals surface area contributed by atoms with Crippen LogP contribution in [0.3, 0.4) is 0 Å². The molecule has 0 aromatic carbocycles. The van der Waals surface area contributed by atoms with Crippen LogP contribution in [0.2, 0.25) is 0 Å². The first-order valence-electron chi connectivity index (χ1n) is 5.89. The van der Waals surface area contributed by atoms with Crippen LogP contribution < -0.4 is 21.3 Å². The SMILES string of the molecule is NC[C@H]1CCCN1.O=C([O-])C1(C(=O)[O-])CCC1.[Pt+2]. The fraction of sp³-hybridized carbons (Fsp3) is 0.818. The summed E-state index contributed by atoms with van der Waals surface area (Å²) in [5, 5.41) is 23.7. The first kappa shape index (κ1) is 17.5. The van der Waals surface area contributed by atoms with Crippen LogP contribution in [0.15, 0.2) is 0 Å². The fourth-order valence-corrected chi connectivity index (χ4v) is 1.98. The predicted molar refractivity (Wildman–Crippen MR) is 56.4 cm³/mol. The number of nitrogens with two attached hydrogens (primary N) is 1. The average Bonchev–Trinajstić information content (AvgIpc) is 2.67. The van der Waals surface area contributed by atoms with Crippen LogP contribution in [-0.2, 0) is 30.7 Å². The molecule has 3 N–H and O–H groups in total. The summed E-state index contributed by atoms with van der Waals surface area (Å²) in [6, 6.07) is 0.625. The molecule has 1 aliphatic carbocycles. The zero-order valence-corrected chi connectivity index (χ0v) is 12.3. The average molecular weight is 437 g/mol. The Bertz CT molecular complexity index is 273. The Balaban J connectivity index is 0.000000321. The second-order valence-electron chi connectivity index (χ2n) is 4.54. The second-order valence-corrected chi connectivity index (χ2v) is 4.54. The molecule has 1 aliphatic heterocycles. The van der Waals surface area contributed by atoms with E-state index in [0.29, 0.717) is 12.5 Å². The summed E-state index contributed by atoms with van der Waals surface area (Å²) in [4.78, 5) is 20.4. The third-order valence-corrected chi connectivity index (χ3v) is 3.44. The van der Waals surface area contributed by atoms with Gasteiger partial charge in [-0.15, -0.1) is 0 Å². The van der Waals surface area contributed by atoms with E-state index in [1.165, 1.54) is 19.4 Å². The van der Waals surface area contributed by atoms with Gasteiger partial charge in [-0.3, -0.25) is 0 Å². The van der Waals surface area contributed by atoms with Gasteiger partial charge in [-0.2, -0.15) is 0 Å². The topological polar surface area (TPSA) is 118 Å². The number of carboxylic acids is 2. The van der Waals surface area contributed by atoms with E-state index in [9.17, 15) is 19.8 Å². The molecule has 0 aromatic heterocycles. The quantitative estimate of drug-likeness (QED) is 0.466. The van der Waals surface area contributed by atoms with Crippen molar-refractivity contribution in [3.05, 3.63) is 0 Å². The molecule has 1 atom stereocenters. The fourth-order valence-electron chi connectivity index (χ4n) is 1.98. The van der Waals surface area contributed by atoms with E-state index in [4.69, 9.17) is 5.73 Å². The van der Waals surface area contributed by atoms with Gasteiger partial charge in [0.2, 0.25) is 0 Å². The van der Waals surface area contributed by atoms with Crippen LogP contribution in [-0.4, -0.2) is 31.1 Å². The number of aliphatic carboxylic acids is 2. The standard InChI is InChI=1S/C6H8O4.C5H12N2.Pt/c7-4(8)6(5(9)10)2-1-3-6;6-4-5-2-1-3-7-5;/h1-3H2,(H,7,8)(H,9,10);5,7H,1-4,6H2;/q;;+2/p-2/t;5-;/m.1./s1. The second kappa shape index (κ2) is 7.87. The van der Waals surface area contributed by atoms with Crippen LogP contribution in [0.5, 0.6) is 0 Å². The van der Waals surface area contributed by atoms with Crippen LogP contribution in [0, 0.1) is 5.41 Å². The minimum atomic E-state index is -1.67. The number of hydrogen-bond donors (Lipinski definition) is 2. The summed E-state index contributed by atoms with van der Waals surface area (Å²) >= 11 is 0. The van der Waals surface area contributed by atoms with E-state index in [2.05, 4.69) is 5.32 Å². The van der Waals surface area contributed by atoms with E-state index in [0.717, 1.165) is 6.54 Å². The summed E-state index contributed by atoms with van der Waals surface area (Å²) < 4.78 is 0. The van der Waals surface area contributed by atoms with Gasteiger partial charge in [0.1, 0.15) is 0 Å². The maximum Gasteiger partial charge on any atom is 2.00 e. The molecule has 0 aromatic rings. The van der Waals surface area contributed by atoms with Crippen molar-refractivity contribution in [1.29, 1.82) is 0 Å². The Hall–Kier alpha value is -0.452. The van der Waals surface area contributed by atoms with Crippen LogP contribution in [0.25, 0.3) is 0 Å². The summed E-state index contributed by atoms with van der Waals surface area (Å²) in [6.45, 7) is 1.97. The molecule has 0 bridgehead atoms. The van der Waals surface area contributed by atoms with Crippen molar-refractivity contribution in [2.75, 3.05) is 13.1 Å². The molecule has 0 spiro atoms. The van der Waals surface area contributed by atoms with E-state index in [1.54, 1.807) is 0 Å². The Labute approximate surface area is 121 Å². The zero-order chi connectivity index (χ0) is 12.9. The Morgan fingerprint density at radius 3 is 1.89 bits per heavy atom. The molecule has 1 heterocycles. The van der Waals surface area contributed by atoms with Gasteiger partial charge in [-0.1, -0.05) is 6.42 Å². The van der Waals surface area contributed by atoms with Gasteiger partial charge in [0.05, 0.1) is 11.9 Å². The van der Waals surface area contributed by atoms with Crippen molar-refractivity contribution in [2.45, 2.75) is 38.1 Å². The van der Waals surface area contributed by atoms with Gasteiger partial charge < -0.3 is 30.9 Å². The molecule has 0 radical (unpaired) electrons. The summed E-state index contributed by atoms with van der Waals surface area (Å²) in [6.07, 6.45) is 3.51. The minimum Gasteiger partial charge on any atom is -0.549 e. The van der Waals surface area contributed by atoms with Crippen molar-refractivity contribution in [2.24, 2.45) is 11.1 Å². The van der Waals surface area contributed by atoms with Crippen LogP contribution in [0.1, 0.15) is 32.1 Å². The molecule has 18 heavy (non-hydrogen) atoms. The third-order valence-electron chi connectivity index (χ3n) is 3.44. The van der Waals surface area contributed by atoms with Crippen molar-refractivity contribution in [1.82, 2.24) is 5.32 Å². The Morgan fingerprint density at radius 1 is 1.22 bits per heavy atom. The number of carbonyl (C=O) groups is 2. The molecule has 1 saturated carbocycles. The molecule has 0 amide bonds. The van der Waals surface area contributed by atoms with Gasteiger partial charge in [-0.25, -0.2) is 0 Å². The molecule has 2 aliphatic rings. The molecule has 2 rings (SSSR count). The first-order chi connectivity index (χ1) is 8.03. The van der Waals surface area contributed by atoms with E-state index in [-0.39, 0.29) is 33.9 Å². The van der Waals surface area contributed by atoms with Crippen molar-refractivity contribution in [3.63, 3.8) is 0 Å². The molecule has 0 unspecified atom stereocenters. The Kier molecular flexibility index (Phi) is 7.67. The van der Waals surface area contributed by atoms with E-state index in [1.807, 2.05) is 0 Å². The molecule has 1 saturated heterocycles. The first-order valence-corrected chi connectivity index (χ1v) is 5.89. The molecule has 2 fully saturated rings. The number of nitrogens with one attached hydrogen (secondary N) is 1. The smallest absolute Gasteiger partial charge is 0.549 e. The molecule has 106 valence electrons. The third kappa shape index (κ3) is 4.04. The van der Waals surface area contributed by atoms with E-state index >= 15 is 0 Å². The maximum absolute atomic E-state index is 10.2. The van der Waals surface area contributed by atoms with Crippen LogP contribution in [0.4, 0.5) is 0 Å². The summed E-state index contributed by atoms with van der Waals surface area (Å²) in [5.41, 5.74) is 3.70. The van der Waals surface area contributed by atoms with E-state index < -0.39 is 17.4 Å². The largest absolute Gasteiger partial charge is 2.00 e. The summed E-state index contributed by atoms with van der Waals surface area (Å²) in [7, 11) is 0. The number of carbonyl (C=O) groups excluding carboxylic acids is 2. The number of hydrogen-bond acceptors (Lipinski definition) is 6. The predicted octanol–water partition coefficient (Wildman–Crippen LogP) is -2.65. The zero-order valence-electron chi connectivity index (χ0n) is 10.1. The molecular formula is C11H18N2O4Pt. The van der Waals surface area contributed by atoms with Gasteiger partial charge in [0, 0.05) is 18.0 Å². The number of carboxylic acid groups (broad SMARTS) is 2. The molecular weight excluding hydrogens is 419 g/mol. The van der Waals surface area contributed by atoms with Crippen LogP contribution >= 0.6 is 0 Å².